The number of thiol groups is 1. The molecule has 0 aliphatic rings. The Morgan fingerprint density at radius 1 is 1.67 bits per heavy atom. The molecule has 1 amide bonds. The van der Waals surface area contributed by atoms with Gasteiger partial charge in [-0.3, -0.25) is 4.79 Å². The smallest absolute Gasteiger partial charge is 0.269 e. The zero-order chi connectivity index (χ0) is 11.3. The third kappa shape index (κ3) is 3.95. The van der Waals surface area contributed by atoms with Crippen molar-refractivity contribution >= 4 is 18.5 Å². The predicted molar refractivity (Wildman–Crippen MR) is 63.1 cm³/mol. The molecule has 0 aliphatic heterocycles. The number of nitrogens with one attached hydrogen (secondary N) is 2. The second kappa shape index (κ2) is 5.80. The van der Waals surface area contributed by atoms with Gasteiger partial charge in [0, 0.05) is 11.8 Å². The zero-order valence-corrected chi connectivity index (χ0v) is 9.92. The van der Waals surface area contributed by atoms with E-state index in [1.807, 2.05) is 0 Å². The van der Waals surface area contributed by atoms with Crippen molar-refractivity contribution in [2.45, 2.75) is 26.3 Å². The minimum absolute atomic E-state index is 0.115. The van der Waals surface area contributed by atoms with Crippen LogP contribution in [0.25, 0.3) is 0 Å². The van der Waals surface area contributed by atoms with E-state index in [1.54, 1.807) is 0 Å². The molecule has 4 nitrogen and oxygen atoms in total. The molecule has 0 aliphatic carbocycles. The number of aromatic amines is 1. The van der Waals surface area contributed by atoms with E-state index in [1.165, 1.54) is 12.5 Å². The quantitative estimate of drug-likeness (QED) is 0.667. The van der Waals surface area contributed by atoms with Gasteiger partial charge in [0.1, 0.15) is 5.69 Å². The molecule has 0 spiro atoms. The van der Waals surface area contributed by atoms with Gasteiger partial charge in [0.05, 0.1) is 12.5 Å². The van der Waals surface area contributed by atoms with Crippen LogP contribution in [0.4, 0.5) is 0 Å². The van der Waals surface area contributed by atoms with Gasteiger partial charge in [-0.15, -0.1) is 0 Å². The second-order valence-corrected chi connectivity index (χ2v) is 4.31. The highest BCUT2D eigenvalue weighted by Crippen LogP contribution is 2.06. The van der Waals surface area contributed by atoms with E-state index in [2.05, 4.69) is 41.8 Å². The maximum absolute atomic E-state index is 11.6. The maximum atomic E-state index is 11.6. The molecule has 15 heavy (non-hydrogen) atoms. The van der Waals surface area contributed by atoms with Crippen molar-refractivity contribution in [1.29, 1.82) is 0 Å². The third-order valence-electron chi connectivity index (χ3n) is 2.05. The summed E-state index contributed by atoms with van der Waals surface area (Å²) in [7, 11) is 0. The largest absolute Gasteiger partial charge is 0.347 e. The molecule has 0 radical (unpaired) electrons. The number of aromatic nitrogens is 2. The van der Waals surface area contributed by atoms with Crippen LogP contribution < -0.4 is 5.32 Å². The number of amides is 1. The Bertz CT molecular complexity index is 298. The fourth-order valence-corrected chi connectivity index (χ4v) is 1.63. The van der Waals surface area contributed by atoms with Crippen LogP contribution in [-0.2, 0) is 0 Å². The third-order valence-corrected chi connectivity index (χ3v) is 2.50. The van der Waals surface area contributed by atoms with Gasteiger partial charge in [0.15, 0.2) is 0 Å². The van der Waals surface area contributed by atoms with Crippen LogP contribution in [0.2, 0.25) is 0 Å². The Kier molecular flexibility index (Phi) is 4.68. The molecule has 2 N–H and O–H groups in total. The van der Waals surface area contributed by atoms with Gasteiger partial charge in [-0.1, -0.05) is 13.8 Å². The lowest BCUT2D eigenvalue weighted by molar-refractivity contribution is 0.0932. The summed E-state index contributed by atoms with van der Waals surface area (Å²) >= 11 is 4.22. The molecule has 0 fully saturated rings. The Balaban J connectivity index is 2.48. The van der Waals surface area contributed by atoms with Crippen LogP contribution in [0.3, 0.4) is 0 Å². The number of H-pyrrole nitrogens is 1. The van der Waals surface area contributed by atoms with Crippen molar-refractivity contribution in [1.82, 2.24) is 15.3 Å². The van der Waals surface area contributed by atoms with Crippen molar-refractivity contribution in [3.8, 4) is 0 Å². The highest BCUT2D eigenvalue weighted by Gasteiger charge is 2.14. The number of hydrogen-bond acceptors (Lipinski definition) is 3. The zero-order valence-electron chi connectivity index (χ0n) is 9.03. The molecular weight excluding hydrogens is 210 g/mol. The summed E-state index contributed by atoms with van der Waals surface area (Å²) in [5, 5.41) is 2.91. The molecule has 84 valence electrons. The van der Waals surface area contributed by atoms with Crippen LogP contribution in [0.15, 0.2) is 12.5 Å². The normalized spacial score (nSPS) is 12.8. The highest BCUT2D eigenvalue weighted by molar-refractivity contribution is 7.80. The van der Waals surface area contributed by atoms with E-state index in [4.69, 9.17) is 0 Å². The summed E-state index contributed by atoms with van der Waals surface area (Å²) in [6.07, 6.45) is 3.94. The van der Waals surface area contributed by atoms with Gasteiger partial charge in [-0.05, 0) is 12.3 Å². The predicted octanol–water partition coefficient (Wildman–Crippen LogP) is 1.48. The van der Waals surface area contributed by atoms with Gasteiger partial charge in [0.2, 0.25) is 0 Å². The van der Waals surface area contributed by atoms with Crippen LogP contribution in [0.5, 0.6) is 0 Å². The molecule has 0 aromatic carbocycles. The van der Waals surface area contributed by atoms with Crippen LogP contribution in [0.1, 0.15) is 30.8 Å². The minimum atomic E-state index is -0.118. The average molecular weight is 227 g/mol. The first-order valence-electron chi connectivity index (χ1n) is 5.03. The molecule has 0 unspecified atom stereocenters. The van der Waals surface area contributed by atoms with Gasteiger partial charge in [-0.2, -0.15) is 12.6 Å². The summed E-state index contributed by atoms with van der Waals surface area (Å²) in [6.45, 7) is 4.25. The molecule has 1 aromatic rings. The molecule has 1 heterocycles. The average Bonchev–Trinajstić information content (AvgIpc) is 2.68. The fraction of sp³-hybridized carbons (Fsp3) is 0.600. The molecule has 0 bridgehead atoms. The first-order chi connectivity index (χ1) is 7.13. The Morgan fingerprint density at radius 3 is 2.87 bits per heavy atom. The van der Waals surface area contributed by atoms with Crippen molar-refractivity contribution in [2.24, 2.45) is 5.92 Å². The number of carbonyl (C=O) groups excluding carboxylic acids is 1. The summed E-state index contributed by atoms with van der Waals surface area (Å²) < 4.78 is 0. The second-order valence-electron chi connectivity index (χ2n) is 3.95. The Morgan fingerprint density at radius 2 is 2.40 bits per heavy atom. The molecular formula is C10H17N3OS. The number of hydrogen-bond donors (Lipinski definition) is 3. The van der Waals surface area contributed by atoms with Gasteiger partial charge < -0.3 is 10.3 Å². The summed E-state index contributed by atoms with van der Waals surface area (Å²) in [4.78, 5) is 18.2. The molecule has 1 atom stereocenters. The standard InChI is InChI=1S/C10H17N3OS/c1-7(2)3-8(5-15)13-10(14)9-4-11-6-12-9/h4,6-8,15H,3,5H2,1-2H3,(H,11,12)(H,13,14)/t8-/m1/s1. The maximum Gasteiger partial charge on any atom is 0.269 e. The van der Waals surface area contributed by atoms with Gasteiger partial charge >= 0.3 is 0 Å². The molecule has 0 saturated carbocycles. The topological polar surface area (TPSA) is 57.8 Å². The molecule has 1 aromatic heterocycles. The van der Waals surface area contributed by atoms with E-state index >= 15 is 0 Å². The van der Waals surface area contributed by atoms with Crippen molar-refractivity contribution in [3.63, 3.8) is 0 Å². The van der Waals surface area contributed by atoms with Crippen molar-refractivity contribution in [3.05, 3.63) is 18.2 Å². The van der Waals surface area contributed by atoms with Crippen molar-refractivity contribution in [2.75, 3.05) is 5.75 Å². The minimum Gasteiger partial charge on any atom is -0.347 e. The van der Waals surface area contributed by atoms with E-state index in [9.17, 15) is 4.79 Å². The number of rotatable bonds is 5. The Labute approximate surface area is 95.3 Å². The molecule has 5 heteroatoms. The van der Waals surface area contributed by atoms with Crippen LogP contribution >= 0.6 is 12.6 Å². The molecule has 0 saturated heterocycles. The van der Waals surface area contributed by atoms with E-state index in [0.29, 0.717) is 17.4 Å². The first kappa shape index (κ1) is 12.1. The summed E-state index contributed by atoms with van der Waals surface area (Å²) in [5.41, 5.74) is 0.491. The van der Waals surface area contributed by atoms with Crippen molar-refractivity contribution < 1.29 is 4.79 Å². The number of nitrogens with zero attached hydrogens (tertiary/aromatic N) is 1. The lowest BCUT2D eigenvalue weighted by Crippen LogP contribution is -2.37. The lowest BCUT2D eigenvalue weighted by atomic mass is 10.1. The number of carbonyl (C=O) groups is 1. The summed E-state index contributed by atoms with van der Waals surface area (Å²) in [5.74, 6) is 1.08. The van der Waals surface area contributed by atoms with Gasteiger partial charge in [0.25, 0.3) is 5.91 Å². The fourth-order valence-electron chi connectivity index (χ4n) is 1.39. The molecule has 1 rings (SSSR count). The lowest BCUT2D eigenvalue weighted by Gasteiger charge is -2.17. The monoisotopic (exact) mass is 227 g/mol. The Hall–Kier alpha value is -0.970. The highest BCUT2D eigenvalue weighted by atomic mass is 32.1. The SMILES string of the molecule is CC(C)C[C@H](CS)NC(=O)c1cnc[nH]1. The summed E-state index contributed by atoms with van der Waals surface area (Å²) in [6, 6.07) is 0.115. The van der Waals surface area contributed by atoms with E-state index in [-0.39, 0.29) is 11.9 Å². The van der Waals surface area contributed by atoms with E-state index in [0.717, 1.165) is 6.42 Å². The number of imidazole rings is 1. The van der Waals surface area contributed by atoms with Gasteiger partial charge in [-0.25, -0.2) is 4.98 Å². The van der Waals surface area contributed by atoms with Crippen LogP contribution in [0, 0.1) is 5.92 Å². The first-order valence-corrected chi connectivity index (χ1v) is 5.66. The van der Waals surface area contributed by atoms with Crippen LogP contribution in [-0.4, -0.2) is 27.7 Å². The van der Waals surface area contributed by atoms with E-state index < -0.39 is 0 Å².